The van der Waals surface area contributed by atoms with E-state index >= 15 is 0 Å². The summed E-state index contributed by atoms with van der Waals surface area (Å²) in [6, 6.07) is 18.7. The predicted octanol–water partition coefficient (Wildman–Crippen LogP) is 6.18. The number of aryl methyl sites for hydroxylation is 1. The Kier molecular flexibility index (Phi) is 13.5. The average molecular weight is 974 g/mol. The third-order valence-corrected chi connectivity index (χ3v) is 18.9. The molecule has 6 atom stereocenters. The molecule has 376 valence electrons. The lowest BCUT2D eigenvalue weighted by atomic mass is 9.60. The van der Waals surface area contributed by atoms with E-state index in [1.165, 1.54) is 50.2 Å². The van der Waals surface area contributed by atoms with E-state index in [4.69, 9.17) is 10.5 Å². The van der Waals surface area contributed by atoms with Gasteiger partial charge in [-0.2, -0.15) is 0 Å². The van der Waals surface area contributed by atoms with E-state index in [1.54, 1.807) is 17.4 Å². The van der Waals surface area contributed by atoms with Crippen LogP contribution >= 0.6 is 11.3 Å². The molecule has 7 aliphatic rings. The van der Waals surface area contributed by atoms with Crippen molar-refractivity contribution >= 4 is 28.7 Å². The minimum absolute atomic E-state index is 0.00235. The highest BCUT2D eigenvalue weighted by atomic mass is 32.1. The number of amides is 1. The summed E-state index contributed by atoms with van der Waals surface area (Å²) in [6.07, 6.45) is 9.91. The van der Waals surface area contributed by atoms with Crippen LogP contribution < -0.4 is 16.0 Å². The molecule has 6 saturated heterocycles. The molecule has 4 aromatic rings. The van der Waals surface area contributed by atoms with Gasteiger partial charge in [0.2, 0.25) is 5.91 Å². The van der Waals surface area contributed by atoms with Crippen LogP contribution in [0.2, 0.25) is 0 Å². The number of benzene rings is 2. The van der Waals surface area contributed by atoms with Gasteiger partial charge in [0.05, 0.1) is 52.3 Å². The first-order chi connectivity index (χ1) is 33.8. The van der Waals surface area contributed by atoms with Gasteiger partial charge in [-0.15, -0.1) is 21.5 Å². The highest BCUT2D eigenvalue weighted by molar-refractivity contribution is 7.13. The number of thiazole rings is 1. The molecule has 6 aliphatic heterocycles. The zero-order valence-corrected chi connectivity index (χ0v) is 42.6. The quantitative estimate of drug-likeness (QED) is 0.127. The van der Waals surface area contributed by atoms with Crippen molar-refractivity contribution in [2.24, 2.45) is 11.3 Å². The largest absolute Gasteiger partial charge is 0.507 e. The number of hydrogen-bond donors (Lipinski definition) is 4. The number of phenols is 1. The maximum atomic E-state index is 13.8. The number of carbonyl (C=O) groups is 1. The van der Waals surface area contributed by atoms with Crippen LogP contribution in [0.3, 0.4) is 0 Å². The summed E-state index contributed by atoms with van der Waals surface area (Å²) in [5.74, 6) is 1.29. The molecule has 16 heteroatoms. The van der Waals surface area contributed by atoms with Gasteiger partial charge in [0.1, 0.15) is 11.8 Å². The number of rotatable bonds is 12. The molecule has 8 heterocycles. The van der Waals surface area contributed by atoms with Crippen LogP contribution in [0, 0.1) is 18.3 Å². The van der Waals surface area contributed by atoms with Gasteiger partial charge in [0.15, 0.2) is 5.82 Å². The number of hydrazine groups is 1. The van der Waals surface area contributed by atoms with Crippen LogP contribution in [0.25, 0.3) is 21.7 Å². The fourth-order valence-corrected chi connectivity index (χ4v) is 14.7. The Morgan fingerprint density at radius 1 is 0.943 bits per heavy atom. The number of carbonyl (C=O) groups excluding carboxylic acids is 1. The fourth-order valence-electron chi connectivity index (χ4n) is 13.9. The first kappa shape index (κ1) is 48.0. The number of aliphatic hydroxyl groups excluding tert-OH is 1. The molecular formula is C54H75N11O4S. The lowest BCUT2D eigenvalue weighted by molar-refractivity contribution is -0.144. The second-order valence-electron chi connectivity index (χ2n) is 22.6. The molecule has 70 heavy (non-hydrogen) atoms. The molecule has 2 bridgehead atoms. The summed E-state index contributed by atoms with van der Waals surface area (Å²) in [6.45, 7) is 19.4. The SMILES string of the molecule is Cc1ncsc1-c1ccc([C@H](C)NC(=O)[C@@H]2C[C@@H](O)CN2N2CCC(CN3CCC4(CC3)CC(N3CCO[C@H](C(C)(C)N5C6CCC5CN(c5cc(-c7ccccc7O)nnc5N)C6)C3)C4)CC2)cc1. The number of nitrogens with one attached hydrogen (secondary N) is 1. The van der Waals surface area contributed by atoms with Crippen molar-refractivity contribution in [3.8, 4) is 27.4 Å². The van der Waals surface area contributed by atoms with Crippen molar-refractivity contribution < 1.29 is 19.7 Å². The number of aromatic nitrogens is 3. The van der Waals surface area contributed by atoms with Crippen LogP contribution in [0.1, 0.15) is 95.9 Å². The van der Waals surface area contributed by atoms with Gasteiger partial charge in [-0.3, -0.25) is 14.6 Å². The fraction of sp³-hybridized carbons (Fsp3) is 0.630. The van der Waals surface area contributed by atoms with Gasteiger partial charge in [0, 0.05) is 88.0 Å². The van der Waals surface area contributed by atoms with Crippen LogP contribution in [-0.4, -0.2) is 170 Å². The molecule has 7 fully saturated rings. The van der Waals surface area contributed by atoms with Crippen LogP contribution in [0.4, 0.5) is 11.5 Å². The van der Waals surface area contributed by atoms with Crippen molar-refractivity contribution in [2.45, 2.75) is 133 Å². The summed E-state index contributed by atoms with van der Waals surface area (Å²) >= 11 is 1.65. The molecule has 2 aromatic carbocycles. The average Bonchev–Trinajstić information content (AvgIpc) is 4.06. The van der Waals surface area contributed by atoms with Gasteiger partial charge in [0.25, 0.3) is 0 Å². The number of anilines is 2. The van der Waals surface area contributed by atoms with Crippen molar-refractivity contribution in [3.05, 3.63) is 71.4 Å². The summed E-state index contributed by atoms with van der Waals surface area (Å²) in [7, 11) is 0. The zero-order chi connectivity index (χ0) is 48.3. The number of hydrogen-bond acceptors (Lipinski definition) is 15. The number of para-hydroxylation sites is 1. The predicted molar refractivity (Wildman–Crippen MR) is 275 cm³/mol. The molecule has 1 saturated carbocycles. The maximum absolute atomic E-state index is 13.8. The molecule has 1 amide bonds. The molecule has 1 aliphatic carbocycles. The van der Waals surface area contributed by atoms with E-state index in [0.717, 1.165) is 94.1 Å². The number of piperidine rings is 2. The van der Waals surface area contributed by atoms with E-state index < -0.39 is 6.10 Å². The molecule has 11 rings (SSSR count). The standard InChI is InChI=1S/C54H75N11O4S/c1-35(38-9-11-39(12-10-38)50-36(2)56-34-70-50)57-52(68)47-25-43(66)32-64(47)63-19-15-37(16-20-63)29-60-21-17-54(18-22-60)27-42(28-54)61-23-24-69-49(33-61)53(3,4)65-40-13-14-41(65)31-62(30-40)46-26-45(58-59-51(46)55)44-7-5-6-8-48(44)67/h5-12,26,34-35,37,40-43,47,49,66-67H,13-25,27-33H2,1-4H3,(H2,55,59)(H,57,68)/t35-,40?,41?,43+,47-,49-/m0/s1. The summed E-state index contributed by atoms with van der Waals surface area (Å²) < 4.78 is 6.70. The lowest BCUT2D eigenvalue weighted by Gasteiger charge is -2.58. The number of aliphatic hydroxyl groups is 1. The van der Waals surface area contributed by atoms with Crippen LogP contribution in [0.5, 0.6) is 5.75 Å². The monoisotopic (exact) mass is 974 g/mol. The van der Waals surface area contributed by atoms with Crippen molar-refractivity contribution in [2.75, 3.05) is 82.7 Å². The number of nitrogen functional groups attached to an aromatic ring is 1. The Balaban J connectivity index is 0.623. The van der Waals surface area contributed by atoms with E-state index in [-0.39, 0.29) is 35.4 Å². The van der Waals surface area contributed by atoms with E-state index in [9.17, 15) is 15.0 Å². The number of fused-ring (bicyclic) bond motifs is 2. The third-order valence-electron chi connectivity index (χ3n) is 17.9. The molecule has 0 radical (unpaired) electrons. The molecule has 1 spiro atoms. The smallest absolute Gasteiger partial charge is 0.239 e. The molecule has 5 N–H and O–H groups in total. The number of likely N-dealkylation sites (tertiary alicyclic amines) is 1. The number of β-amino-alcohol motifs (C(OH)–C–C–N with tert-alkyl or cyclic N) is 1. The molecular weight excluding hydrogens is 899 g/mol. The van der Waals surface area contributed by atoms with E-state index in [2.05, 4.69) is 88.2 Å². The van der Waals surface area contributed by atoms with E-state index in [0.29, 0.717) is 59.5 Å². The summed E-state index contributed by atoms with van der Waals surface area (Å²) in [5, 5.41) is 37.8. The van der Waals surface area contributed by atoms with Crippen molar-refractivity contribution in [1.82, 2.24) is 45.2 Å². The minimum atomic E-state index is -0.497. The Labute approximate surface area is 418 Å². The minimum Gasteiger partial charge on any atom is -0.507 e. The highest BCUT2D eigenvalue weighted by Gasteiger charge is 2.53. The summed E-state index contributed by atoms with van der Waals surface area (Å²) in [5.41, 5.74) is 14.2. The highest BCUT2D eigenvalue weighted by Crippen LogP contribution is 2.52. The molecule has 2 aromatic heterocycles. The number of nitrogens with zero attached hydrogens (tertiary/aromatic N) is 9. The number of ether oxygens (including phenoxy) is 1. The number of piperazine rings is 1. The lowest BCUT2D eigenvalue weighted by Crippen LogP contribution is -2.68. The van der Waals surface area contributed by atoms with Crippen LogP contribution in [-0.2, 0) is 9.53 Å². The Morgan fingerprint density at radius 2 is 1.67 bits per heavy atom. The second kappa shape index (κ2) is 19.6. The Hall–Kier alpha value is -4.26. The van der Waals surface area contributed by atoms with Crippen molar-refractivity contribution in [3.63, 3.8) is 0 Å². The van der Waals surface area contributed by atoms with Gasteiger partial charge < -0.3 is 35.8 Å². The van der Waals surface area contributed by atoms with Crippen LogP contribution in [0.15, 0.2) is 60.1 Å². The van der Waals surface area contributed by atoms with Crippen molar-refractivity contribution in [1.29, 1.82) is 0 Å². The summed E-state index contributed by atoms with van der Waals surface area (Å²) in [4.78, 5) is 30.0. The Bertz CT molecular complexity index is 2450. The first-order valence-corrected chi connectivity index (χ1v) is 27.2. The first-order valence-electron chi connectivity index (χ1n) is 26.3. The normalized spacial score (nSPS) is 28.1. The number of nitrogens with two attached hydrogens (primary N) is 1. The second-order valence-corrected chi connectivity index (χ2v) is 23.5. The number of morpholine rings is 1. The van der Waals surface area contributed by atoms with Gasteiger partial charge in [-0.25, -0.2) is 15.0 Å². The number of phenolic OH excluding ortho intramolecular Hbond substituents is 1. The van der Waals surface area contributed by atoms with Gasteiger partial charge in [-0.1, -0.05) is 36.4 Å². The molecule has 15 nitrogen and oxygen atoms in total. The van der Waals surface area contributed by atoms with Gasteiger partial charge >= 0.3 is 0 Å². The molecule has 2 unspecified atom stereocenters. The maximum Gasteiger partial charge on any atom is 0.239 e. The zero-order valence-electron chi connectivity index (χ0n) is 41.8. The third kappa shape index (κ3) is 9.47. The van der Waals surface area contributed by atoms with E-state index in [1.807, 2.05) is 43.6 Å². The Morgan fingerprint density at radius 3 is 2.37 bits per heavy atom. The number of aromatic hydroxyl groups is 1. The topological polar surface area (TPSA) is 163 Å². The van der Waals surface area contributed by atoms with Gasteiger partial charge in [-0.05, 0) is 133 Å².